The minimum atomic E-state index is -0.217. The molecule has 6 atom stereocenters. The van der Waals surface area contributed by atoms with Gasteiger partial charge in [0.1, 0.15) is 12.7 Å². The normalized spacial score (nSPS) is 39.3. The van der Waals surface area contributed by atoms with Crippen LogP contribution in [-0.2, 0) is 9.78 Å². The number of rotatable bonds is 6. The van der Waals surface area contributed by atoms with Crippen LogP contribution in [-0.4, -0.2) is 23.9 Å². The van der Waals surface area contributed by atoms with Crippen molar-refractivity contribution in [3.8, 4) is 0 Å². The van der Waals surface area contributed by atoms with E-state index in [4.69, 9.17) is 9.78 Å². The summed E-state index contributed by atoms with van der Waals surface area (Å²) in [5.74, 6) is 3.21. The van der Waals surface area contributed by atoms with Crippen LogP contribution >= 0.6 is 0 Å². The standard InChI is InChI=1S/C27H44O3/c1-18(2)7-5-8-19(3)24-12-13-25-20(9-6-14-27(24,25)4)15-26-23-16-22(28)11-10-21(23)17-29-30-26/h15,18-19,22,24-26,28H,5-14,16-17H2,1-4H3/t19-,22+,24-,25+,26?,27-/m1/s1. The van der Waals surface area contributed by atoms with Crippen LogP contribution in [0.1, 0.15) is 98.3 Å². The average molecular weight is 417 g/mol. The van der Waals surface area contributed by atoms with Crippen molar-refractivity contribution in [2.24, 2.45) is 29.1 Å². The van der Waals surface area contributed by atoms with Gasteiger partial charge >= 0.3 is 0 Å². The fourth-order valence-electron chi connectivity index (χ4n) is 7.31. The van der Waals surface area contributed by atoms with Crippen LogP contribution in [0.25, 0.3) is 0 Å². The molecule has 3 aliphatic carbocycles. The molecule has 170 valence electrons. The number of hydrogen-bond acceptors (Lipinski definition) is 3. The molecule has 0 bridgehead atoms. The second kappa shape index (κ2) is 9.46. The van der Waals surface area contributed by atoms with Crippen molar-refractivity contribution in [2.45, 2.75) is 111 Å². The van der Waals surface area contributed by atoms with Crippen LogP contribution < -0.4 is 0 Å². The van der Waals surface area contributed by atoms with Gasteiger partial charge in [-0.3, -0.25) is 0 Å². The summed E-state index contributed by atoms with van der Waals surface area (Å²) in [5, 5.41) is 10.2. The van der Waals surface area contributed by atoms with Crippen molar-refractivity contribution in [3.63, 3.8) is 0 Å². The van der Waals surface area contributed by atoms with Gasteiger partial charge in [-0.25, -0.2) is 9.78 Å². The third-order valence-electron chi connectivity index (χ3n) is 8.97. The summed E-state index contributed by atoms with van der Waals surface area (Å²) in [6.45, 7) is 10.4. The molecular formula is C27H44O3. The fourth-order valence-corrected chi connectivity index (χ4v) is 7.31. The fraction of sp³-hybridized carbons (Fsp3) is 0.852. The first kappa shape index (κ1) is 22.6. The zero-order chi connectivity index (χ0) is 21.3. The second-order valence-corrected chi connectivity index (χ2v) is 11.4. The zero-order valence-electron chi connectivity index (χ0n) is 19.8. The van der Waals surface area contributed by atoms with Crippen molar-refractivity contribution in [1.29, 1.82) is 0 Å². The molecule has 0 radical (unpaired) electrons. The van der Waals surface area contributed by atoms with E-state index in [2.05, 4.69) is 33.8 Å². The van der Waals surface area contributed by atoms with E-state index in [0.717, 1.165) is 37.0 Å². The molecule has 4 rings (SSSR count). The predicted octanol–water partition coefficient (Wildman–Crippen LogP) is 6.76. The first-order valence-corrected chi connectivity index (χ1v) is 12.8. The first-order valence-electron chi connectivity index (χ1n) is 12.8. The van der Waals surface area contributed by atoms with Crippen LogP contribution in [0.3, 0.4) is 0 Å². The molecule has 0 aromatic heterocycles. The lowest BCUT2D eigenvalue weighted by Gasteiger charge is -2.45. The quantitative estimate of drug-likeness (QED) is 0.384. The molecule has 1 unspecified atom stereocenters. The number of fused-ring (bicyclic) bond motifs is 1. The molecule has 3 nitrogen and oxygen atoms in total. The Balaban J connectivity index is 1.49. The highest BCUT2D eigenvalue weighted by molar-refractivity contribution is 5.31. The van der Waals surface area contributed by atoms with Gasteiger partial charge in [0.15, 0.2) is 0 Å². The maximum Gasteiger partial charge on any atom is 0.133 e. The molecular weight excluding hydrogens is 372 g/mol. The Morgan fingerprint density at radius 1 is 1.13 bits per heavy atom. The third kappa shape index (κ3) is 4.59. The molecule has 0 aromatic carbocycles. The van der Waals surface area contributed by atoms with Crippen LogP contribution in [0.5, 0.6) is 0 Å². The maximum atomic E-state index is 10.2. The number of aliphatic hydroxyl groups excluding tert-OH is 1. The Labute approximate surface area is 184 Å². The van der Waals surface area contributed by atoms with Crippen LogP contribution in [0.15, 0.2) is 22.8 Å². The molecule has 2 fully saturated rings. The summed E-state index contributed by atoms with van der Waals surface area (Å²) in [6, 6.07) is 0. The summed E-state index contributed by atoms with van der Waals surface area (Å²) in [5.41, 5.74) is 4.73. The molecule has 0 saturated heterocycles. The van der Waals surface area contributed by atoms with E-state index in [1.165, 1.54) is 62.5 Å². The first-order chi connectivity index (χ1) is 14.4. The Kier molecular flexibility index (Phi) is 7.11. The lowest BCUT2D eigenvalue weighted by molar-refractivity contribution is -0.310. The molecule has 0 amide bonds. The maximum absolute atomic E-state index is 10.2. The van der Waals surface area contributed by atoms with Gasteiger partial charge < -0.3 is 5.11 Å². The minimum absolute atomic E-state index is 0.0800. The van der Waals surface area contributed by atoms with Gasteiger partial charge in [-0.15, -0.1) is 0 Å². The zero-order valence-corrected chi connectivity index (χ0v) is 19.8. The predicted molar refractivity (Wildman–Crippen MR) is 122 cm³/mol. The second-order valence-electron chi connectivity index (χ2n) is 11.4. The monoisotopic (exact) mass is 416 g/mol. The lowest BCUT2D eigenvalue weighted by Crippen LogP contribution is -2.37. The molecule has 2 saturated carbocycles. The summed E-state index contributed by atoms with van der Waals surface area (Å²) < 4.78 is 0. The largest absolute Gasteiger partial charge is 0.393 e. The Hall–Kier alpha value is -0.640. The van der Waals surface area contributed by atoms with Crippen molar-refractivity contribution >= 4 is 0 Å². The van der Waals surface area contributed by atoms with E-state index >= 15 is 0 Å². The molecule has 1 heterocycles. The van der Waals surface area contributed by atoms with E-state index in [9.17, 15) is 5.11 Å². The Bertz CT molecular complexity index is 663. The summed E-state index contributed by atoms with van der Waals surface area (Å²) in [7, 11) is 0. The summed E-state index contributed by atoms with van der Waals surface area (Å²) in [6.07, 6.45) is 15.4. The molecule has 0 spiro atoms. The van der Waals surface area contributed by atoms with E-state index in [1.54, 1.807) is 5.57 Å². The number of hydrogen-bond donors (Lipinski definition) is 1. The molecule has 1 N–H and O–H groups in total. The lowest BCUT2D eigenvalue weighted by atomic mass is 9.60. The van der Waals surface area contributed by atoms with Gasteiger partial charge in [0, 0.05) is 0 Å². The molecule has 1 aliphatic heterocycles. The van der Waals surface area contributed by atoms with E-state index in [1.807, 2.05) is 0 Å². The highest BCUT2D eigenvalue weighted by Gasteiger charge is 2.50. The topological polar surface area (TPSA) is 38.7 Å². The van der Waals surface area contributed by atoms with Gasteiger partial charge in [-0.1, -0.05) is 52.5 Å². The highest BCUT2D eigenvalue weighted by atomic mass is 17.2. The van der Waals surface area contributed by atoms with Crippen LogP contribution in [0.4, 0.5) is 0 Å². The van der Waals surface area contributed by atoms with Crippen molar-refractivity contribution in [2.75, 3.05) is 6.61 Å². The Morgan fingerprint density at radius 3 is 2.77 bits per heavy atom. The third-order valence-corrected chi connectivity index (χ3v) is 8.97. The van der Waals surface area contributed by atoms with Crippen molar-refractivity contribution in [3.05, 3.63) is 22.8 Å². The smallest absolute Gasteiger partial charge is 0.133 e. The minimum Gasteiger partial charge on any atom is -0.393 e. The molecule has 30 heavy (non-hydrogen) atoms. The molecule has 3 heteroatoms. The summed E-state index contributed by atoms with van der Waals surface area (Å²) in [4.78, 5) is 11.3. The van der Waals surface area contributed by atoms with Gasteiger partial charge in [0.05, 0.1) is 6.10 Å². The number of aliphatic hydroxyl groups is 1. The molecule has 0 aromatic rings. The van der Waals surface area contributed by atoms with Crippen molar-refractivity contribution < 1.29 is 14.9 Å². The van der Waals surface area contributed by atoms with Crippen LogP contribution in [0.2, 0.25) is 0 Å². The van der Waals surface area contributed by atoms with Gasteiger partial charge in [0.25, 0.3) is 0 Å². The number of allylic oxidation sites excluding steroid dienone is 1. The highest BCUT2D eigenvalue weighted by Crippen LogP contribution is 2.60. The summed E-state index contributed by atoms with van der Waals surface area (Å²) >= 11 is 0. The van der Waals surface area contributed by atoms with Crippen molar-refractivity contribution in [1.82, 2.24) is 0 Å². The average Bonchev–Trinajstić information content (AvgIpc) is 3.06. The van der Waals surface area contributed by atoms with Gasteiger partial charge in [-0.2, -0.15) is 0 Å². The van der Waals surface area contributed by atoms with E-state index < -0.39 is 0 Å². The SMILES string of the molecule is CC(C)CCC[C@@H](C)[C@H]1CC[C@H]2C(=CC3OOCC4=C3C[C@@H](O)CC4)CCC[C@]12C. The van der Waals surface area contributed by atoms with E-state index in [-0.39, 0.29) is 12.2 Å². The van der Waals surface area contributed by atoms with E-state index in [0.29, 0.717) is 17.9 Å². The van der Waals surface area contributed by atoms with Gasteiger partial charge in [-0.05, 0) is 97.7 Å². The van der Waals surface area contributed by atoms with Crippen LogP contribution in [0, 0.1) is 29.1 Å². The van der Waals surface area contributed by atoms with Gasteiger partial charge in [0.2, 0.25) is 0 Å². The molecule has 4 aliphatic rings. The Morgan fingerprint density at radius 2 is 1.97 bits per heavy atom.